The van der Waals surface area contributed by atoms with Crippen molar-refractivity contribution in [3.63, 3.8) is 0 Å². The molecule has 74 valence electrons. The fourth-order valence-electron chi connectivity index (χ4n) is 1.34. The van der Waals surface area contributed by atoms with Crippen LogP contribution >= 0.6 is 0 Å². The molecule has 14 heavy (non-hydrogen) atoms. The zero-order valence-corrected chi connectivity index (χ0v) is 8.40. The maximum Gasteiger partial charge on any atom is 0.0799 e. The van der Waals surface area contributed by atoms with Gasteiger partial charge in [-0.15, -0.1) is 0 Å². The molecular weight excluding hydrogens is 174 g/mol. The van der Waals surface area contributed by atoms with Crippen molar-refractivity contribution < 1.29 is 5.11 Å². The summed E-state index contributed by atoms with van der Waals surface area (Å²) in [5.41, 5.74) is 2.17. The highest BCUT2D eigenvalue weighted by Crippen LogP contribution is 2.18. The van der Waals surface area contributed by atoms with Gasteiger partial charge in [0.1, 0.15) is 0 Å². The maximum atomic E-state index is 9.66. The molecule has 2 heteroatoms. The average Bonchev–Trinajstić information content (AvgIpc) is 2.26. The number of nitriles is 1. The van der Waals surface area contributed by atoms with Crippen LogP contribution in [0, 0.1) is 11.3 Å². The van der Waals surface area contributed by atoms with Gasteiger partial charge in [0.05, 0.1) is 12.2 Å². The summed E-state index contributed by atoms with van der Waals surface area (Å²) in [7, 11) is 0. The third-order valence-corrected chi connectivity index (χ3v) is 2.30. The van der Waals surface area contributed by atoms with E-state index in [1.807, 2.05) is 30.3 Å². The number of aliphatic hydroxyl groups is 1. The van der Waals surface area contributed by atoms with Crippen molar-refractivity contribution in [1.29, 1.82) is 5.26 Å². The molecule has 1 N–H and O–H groups in total. The lowest BCUT2D eigenvalue weighted by molar-refractivity contribution is 0.169. The molecule has 0 aliphatic rings. The van der Waals surface area contributed by atoms with Crippen LogP contribution in [0.1, 0.15) is 37.0 Å². The van der Waals surface area contributed by atoms with Crippen molar-refractivity contribution in [2.24, 2.45) is 0 Å². The van der Waals surface area contributed by atoms with Crippen LogP contribution in [0.5, 0.6) is 0 Å². The van der Waals surface area contributed by atoms with E-state index in [-0.39, 0.29) is 0 Å². The SMILES string of the molecule is CCc1ccc(C(O)CCC#N)cc1. The van der Waals surface area contributed by atoms with Crippen LogP contribution in [0.3, 0.4) is 0 Å². The number of aryl methyl sites for hydroxylation is 1. The minimum absolute atomic E-state index is 0.399. The van der Waals surface area contributed by atoms with Crippen LogP contribution in [0.25, 0.3) is 0 Å². The molecule has 1 unspecified atom stereocenters. The molecule has 0 aromatic heterocycles. The molecule has 0 bridgehead atoms. The van der Waals surface area contributed by atoms with Crippen LogP contribution in [-0.2, 0) is 6.42 Å². The van der Waals surface area contributed by atoms with Gasteiger partial charge in [0.15, 0.2) is 0 Å². The molecule has 0 spiro atoms. The zero-order chi connectivity index (χ0) is 10.4. The maximum absolute atomic E-state index is 9.66. The molecule has 0 aliphatic carbocycles. The second-order valence-corrected chi connectivity index (χ2v) is 3.31. The van der Waals surface area contributed by atoms with Crippen LogP contribution in [-0.4, -0.2) is 5.11 Å². The van der Waals surface area contributed by atoms with E-state index in [2.05, 4.69) is 6.92 Å². The predicted molar refractivity (Wildman–Crippen MR) is 55.6 cm³/mol. The summed E-state index contributed by atoms with van der Waals surface area (Å²) < 4.78 is 0. The first-order chi connectivity index (χ1) is 6.77. The Balaban J connectivity index is 2.62. The lowest BCUT2D eigenvalue weighted by Gasteiger charge is -2.09. The number of rotatable bonds is 4. The van der Waals surface area contributed by atoms with E-state index in [1.165, 1.54) is 5.56 Å². The summed E-state index contributed by atoms with van der Waals surface area (Å²) in [4.78, 5) is 0. The Kier molecular flexibility index (Phi) is 4.15. The molecule has 1 aromatic carbocycles. The molecule has 0 saturated heterocycles. The second kappa shape index (κ2) is 5.41. The van der Waals surface area contributed by atoms with Gasteiger partial charge in [0.25, 0.3) is 0 Å². The molecule has 1 rings (SSSR count). The first-order valence-corrected chi connectivity index (χ1v) is 4.91. The van der Waals surface area contributed by atoms with E-state index in [9.17, 15) is 5.11 Å². The zero-order valence-electron chi connectivity index (χ0n) is 8.40. The molecule has 2 nitrogen and oxygen atoms in total. The van der Waals surface area contributed by atoms with Crippen molar-refractivity contribution in [1.82, 2.24) is 0 Å². The van der Waals surface area contributed by atoms with Gasteiger partial charge >= 0.3 is 0 Å². The summed E-state index contributed by atoms with van der Waals surface area (Å²) in [5.74, 6) is 0. The summed E-state index contributed by atoms with van der Waals surface area (Å²) >= 11 is 0. The van der Waals surface area contributed by atoms with E-state index in [1.54, 1.807) is 0 Å². The Labute approximate surface area is 84.8 Å². The van der Waals surface area contributed by atoms with Gasteiger partial charge in [0.2, 0.25) is 0 Å². The van der Waals surface area contributed by atoms with Crippen molar-refractivity contribution in [2.45, 2.75) is 32.3 Å². The van der Waals surface area contributed by atoms with E-state index < -0.39 is 6.10 Å². The third-order valence-electron chi connectivity index (χ3n) is 2.30. The van der Waals surface area contributed by atoms with Crippen LogP contribution in [0.2, 0.25) is 0 Å². The fraction of sp³-hybridized carbons (Fsp3) is 0.417. The first-order valence-electron chi connectivity index (χ1n) is 4.91. The van der Waals surface area contributed by atoms with Gasteiger partial charge in [-0.1, -0.05) is 31.2 Å². The monoisotopic (exact) mass is 189 g/mol. The van der Waals surface area contributed by atoms with Gasteiger partial charge in [-0.05, 0) is 24.0 Å². The van der Waals surface area contributed by atoms with Crippen LogP contribution in [0.15, 0.2) is 24.3 Å². The highest BCUT2D eigenvalue weighted by atomic mass is 16.3. The van der Waals surface area contributed by atoms with Gasteiger partial charge in [0, 0.05) is 6.42 Å². The Morgan fingerprint density at radius 1 is 1.36 bits per heavy atom. The summed E-state index contributed by atoms with van der Waals surface area (Å²) in [6.45, 7) is 2.10. The molecule has 0 heterocycles. The van der Waals surface area contributed by atoms with Crippen molar-refractivity contribution in [2.75, 3.05) is 0 Å². The molecule has 1 aromatic rings. The van der Waals surface area contributed by atoms with E-state index in [0.29, 0.717) is 12.8 Å². The predicted octanol–water partition coefficient (Wildman–Crippen LogP) is 2.59. The summed E-state index contributed by atoms with van der Waals surface area (Å²) in [6.07, 6.45) is 1.42. The number of hydrogen-bond donors (Lipinski definition) is 1. The number of aliphatic hydroxyl groups excluding tert-OH is 1. The second-order valence-electron chi connectivity index (χ2n) is 3.31. The van der Waals surface area contributed by atoms with Crippen LogP contribution < -0.4 is 0 Å². The Bertz CT molecular complexity index is 310. The molecule has 0 radical (unpaired) electrons. The van der Waals surface area contributed by atoms with E-state index >= 15 is 0 Å². The molecule has 0 fully saturated rings. The molecule has 0 aliphatic heterocycles. The minimum Gasteiger partial charge on any atom is -0.388 e. The minimum atomic E-state index is -0.499. The topological polar surface area (TPSA) is 44.0 Å². The number of hydrogen-bond acceptors (Lipinski definition) is 2. The van der Waals surface area contributed by atoms with Crippen molar-refractivity contribution in [3.8, 4) is 6.07 Å². The van der Waals surface area contributed by atoms with Crippen LogP contribution in [0.4, 0.5) is 0 Å². The Morgan fingerprint density at radius 3 is 2.50 bits per heavy atom. The highest BCUT2D eigenvalue weighted by Gasteiger charge is 2.05. The molecular formula is C12H15NO. The number of benzene rings is 1. The third kappa shape index (κ3) is 2.86. The van der Waals surface area contributed by atoms with Gasteiger partial charge < -0.3 is 5.11 Å². The molecule has 1 atom stereocenters. The largest absolute Gasteiger partial charge is 0.388 e. The standard InChI is InChI=1S/C12H15NO/c1-2-10-5-7-11(8-6-10)12(14)4-3-9-13/h5-8,12,14H,2-4H2,1H3. The van der Waals surface area contributed by atoms with Crippen molar-refractivity contribution in [3.05, 3.63) is 35.4 Å². The molecule has 0 amide bonds. The lowest BCUT2D eigenvalue weighted by atomic mass is 10.0. The fourth-order valence-corrected chi connectivity index (χ4v) is 1.34. The Morgan fingerprint density at radius 2 is 2.00 bits per heavy atom. The number of nitrogens with zero attached hydrogens (tertiary/aromatic N) is 1. The lowest BCUT2D eigenvalue weighted by Crippen LogP contribution is -1.96. The van der Waals surface area contributed by atoms with Crippen molar-refractivity contribution >= 4 is 0 Å². The molecule has 0 saturated carbocycles. The summed E-state index contributed by atoms with van der Waals surface area (Å²) in [6, 6.07) is 9.93. The van der Waals surface area contributed by atoms with Gasteiger partial charge in [-0.2, -0.15) is 5.26 Å². The first kappa shape index (κ1) is 10.7. The van der Waals surface area contributed by atoms with Gasteiger partial charge in [-0.3, -0.25) is 0 Å². The van der Waals surface area contributed by atoms with Gasteiger partial charge in [-0.25, -0.2) is 0 Å². The van der Waals surface area contributed by atoms with E-state index in [4.69, 9.17) is 5.26 Å². The summed E-state index contributed by atoms with van der Waals surface area (Å²) in [5, 5.41) is 18.0. The average molecular weight is 189 g/mol. The van der Waals surface area contributed by atoms with E-state index in [0.717, 1.165) is 12.0 Å². The Hall–Kier alpha value is -1.33. The highest BCUT2D eigenvalue weighted by molar-refractivity contribution is 5.24. The normalized spacial score (nSPS) is 12.1. The smallest absolute Gasteiger partial charge is 0.0799 e. The quantitative estimate of drug-likeness (QED) is 0.791.